The highest BCUT2D eigenvalue weighted by molar-refractivity contribution is 6.31. The third kappa shape index (κ3) is 3.95. The average molecular weight is 307 g/mol. The summed E-state index contributed by atoms with van der Waals surface area (Å²) >= 11 is 6.02. The zero-order valence-corrected chi connectivity index (χ0v) is 12.9. The van der Waals surface area contributed by atoms with Gasteiger partial charge in [-0.25, -0.2) is 0 Å². The van der Waals surface area contributed by atoms with E-state index in [2.05, 4.69) is 12.2 Å². The molecule has 0 aliphatic carbocycles. The van der Waals surface area contributed by atoms with Crippen LogP contribution in [0.4, 0.5) is 17.1 Å². The third-order valence-electron chi connectivity index (χ3n) is 2.92. The first-order chi connectivity index (χ1) is 10.1. The largest absolute Gasteiger partial charge is 0.495 e. The van der Waals surface area contributed by atoms with E-state index in [4.69, 9.17) is 26.8 Å². The molecule has 0 amide bonds. The van der Waals surface area contributed by atoms with E-state index >= 15 is 0 Å². The van der Waals surface area contributed by atoms with Crippen LogP contribution in [-0.2, 0) is 0 Å². The maximum Gasteiger partial charge on any atom is 0.144 e. The molecule has 4 nitrogen and oxygen atoms in total. The molecule has 21 heavy (non-hydrogen) atoms. The van der Waals surface area contributed by atoms with Gasteiger partial charge in [0.2, 0.25) is 0 Å². The van der Waals surface area contributed by atoms with Crippen LogP contribution in [0.25, 0.3) is 0 Å². The zero-order valence-electron chi connectivity index (χ0n) is 12.2. The molecule has 3 N–H and O–H groups in total. The molecule has 0 saturated heterocycles. The Morgan fingerprint density at radius 2 is 1.95 bits per heavy atom. The first-order valence-electron chi connectivity index (χ1n) is 6.77. The van der Waals surface area contributed by atoms with E-state index in [9.17, 15) is 0 Å². The van der Waals surface area contributed by atoms with Crippen molar-refractivity contribution >= 4 is 28.7 Å². The second kappa shape index (κ2) is 7.09. The second-order valence-electron chi connectivity index (χ2n) is 4.57. The fraction of sp³-hybridized carbons (Fsp3) is 0.250. The summed E-state index contributed by atoms with van der Waals surface area (Å²) in [5, 5.41) is 3.90. The lowest BCUT2D eigenvalue weighted by Gasteiger charge is -2.14. The minimum atomic E-state index is 0.618. The van der Waals surface area contributed by atoms with Crippen molar-refractivity contribution in [1.82, 2.24) is 0 Å². The molecule has 0 atom stereocenters. The van der Waals surface area contributed by atoms with Crippen molar-refractivity contribution in [1.29, 1.82) is 0 Å². The number of anilines is 3. The highest BCUT2D eigenvalue weighted by Gasteiger charge is 2.07. The number of benzene rings is 2. The second-order valence-corrected chi connectivity index (χ2v) is 5.01. The summed E-state index contributed by atoms with van der Waals surface area (Å²) in [6.07, 6.45) is 0.930. The summed E-state index contributed by atoms with van der Waals surface area (Å²) in [6, 6.07) is 11.0. The summed E-state index contributed by atoms with van der Waals surface area (Å²) in [7, 11) is 1.62. The molecule has 0 spiro atoms. The first kappa shape index (κ1) is 15.3. The van der Waals surface area contributed by atoms with Gasteiger partial charge >= 0.3 is 0 Å². The first-order valence-corrected chi connectivity index (χ1v) is 7.14. The van der Waals surface area contributed by atoms with E-state index in [0.29, 0.717) is 28.8 Å². The van der Waals surface area contributed by atoms with Crippen molar-refractivity contribution in [2.75, 3.05) is 24.8 Å². The van der Waals surface area contributed by atoms with Crippen LogP contribution in [0.3, 0.4) is 0 Å². The van der Waals surface area contributed by atoms with E-state index in [0.717, 1.165) is 17.8 Å². The summed E-state index contributed by atoms with van der Waals surface area (Å²) in [6.45, 7) is 2.68. The number of ether oxygens (including phenoxy) is 2. The molecule has 0 saturated carbocycles. The predicted molar refractivity (Wildman–Crippen MR) is 87.9 cm³/mol. The van der Waals surface area contributed by atoms with Crippen LogP contribution >= 0.6 is 11.6 Å². The molecule has 2 aromatic rings. The Labute approximate surface area is 129 Å². The molecule has 0 bridgehead atoms. The van der Waals surface area contributed by atoms with Crippen LogP contribution in [0.2, 0.25) is 5.02 Å². The van der Waals surface area contributed by atoms with Crippen LogP contribution in [0.15, 0.2) is 36.4 Å². The third-order valence-corrected chi connectivity index (χ3v) is 3.15. The maximum absolute atomic E-state index is 6.02. The topological polar surface area (TPSA) is 56.5 Å². The van der Waals surface area contributed by atoms with E-state index in [1.807, 2.05) is 30.3 Å². The van der Waals surface area contributed by atoms with Gasteiger partial charge < -0.3 is 20.5 Å². The number of hydrogen-bond donors (Lipinski definition) is 2. The Morgan fingerprint density at radius 1 is 1.14 bits per heavy atom. The maximum atomic E-state index is 6.02. The van der Waals surface area contributed by atoms with Gasteiger partial charge in [-0.2, -0.15) is 0 Å². The van der Waals surface area contributed by atoms with Gasteiger partial charge in [-0.3, -0.25) is 0 Å². The zero-order chi connectivity index (χ0) is 15.2. The van der Waals surface area contributed by atoms with E-state index in [1.54, 1.807) is 13.2 Å². The van der Waals surface area contributed by atoms with Gasteiger partial charge in [-0.1, -0.05) is 18.5 Å². The van der Waals surface area contributed by atoms with Gasteiger partial charge in [0.05, 0.1) is 25.1 Å². The SMILES string of the molecule is CCCOc1cc(Nc2cc(Cl)ccc2OC)ccc1N. The van der Waals surface area contributed by atoms with Gasteiger partial charge in [0.15, 0.2) is 0 Å². The number of methoxy groups -OCH3 is 1. The number of halogens is 1. The highest BCUT2D eigenvalue weighted by Crippen LogP contribution is 2.33. The lowest BCUT2D eigenvalue weighted by Crippen LogP contribution is -2.00. The normalized spacial score (nSPS) is 10.2. The highest BCUT2D eigenvalue weighted by atomic mass is 35.5. The van der Waals surface area contributed by atoms with Crippen LogP contribution in [0.1, 0.15) is 13.3 Å². The molecular weight excluding hydrogens is 288 g/mol. The van der Waals surface area contributed by atoms with Crippen molar-refractivity contribution in [3.63, 3.8) is 0 Å². The van der Waals surface area contributed by atoms with E-state index < -0.39 is 0 Å². The Bertz CT molecular complexity index is 617. The predicted octanol–water partition coefficient (Wildman–Crippen LogP) is 4.46. The molecule has 2 rings (SSSR count). The van der Waals surface area contributed by atoms with Crippen molar-refractivity contribution in [2.45, 2.75) is 13.3 Å². The summed E-state index contributed by atoms with van der Waals surface area (Å²) in [4.78, 5) is 0. The Balaban J connectivity index is 2.25. The summed E-state index contributed by atoms with van der Waals surface area (Å²) in [5.74, 6) is 1.38. The molecule has 5 heteroatoms. The van der Waals surface area contributed by atoms with Gasteiger partial charge in [0, 0.05) is 16.8 Å². The van der Waals surface area contributed by atoms with Crippen LogP contribution in [0.5, 0.6) is 11.5 Å². The minimum absolute atomic E-state index is 0.618. The minimum Gasteiger partial charge on any atom is -0.495 e. The molecule has 0 radical (unpaired) electrons. The van der Waals surface area contributed by atoms with Crippen LogP contribution < -0.4 is 20.5 Å². The number of nitrogens with one attached hydrogen (secondary N) is 1. The van der Waals surface area contributed by atoms with Crippen molar-refractivity contribution in [3.05, 3.63) is 41.4 Å². The molecule has 0 unspecified atom stereocenters. The van der Waals surface area contributed by atoms with Gasteiger partial charge in [-0.05, 0) is 36.8 Å². The van der Waals surface area contributed by atoms with Gasteiger partial charge in [0.1, 0.15) is 11.5 Å². The molecule has 0 fully saturated rings. The fourth-order valence-electron chi connectivity index (χ4n) is 1.88. The molecule has 0 aliphatic rings. The summed E-state index contributed by atoms with van der Waals surface area (Å²) < 4.78 is 10.9. The van der Waals surface area contributed by atoms with Crippen molar-refractivity contribution in [2.24, 2.45) is 0 Å². The quantitative estimate of drug-likeness (QED) is 0.773. The molecule has 0 aliphatic heterocycles. The van der Waals surface area contributed by atoms with Gasteiger partial charge in [-0.15, -0.1) is 0 Å². The molecule has 2 aromatic carbocycles. The van der Waals surface area contributed by atoms with Crippen LogP contribution in [0, 0.1) is 0 Å². The van der Waals surface area contributed by atoms with Gasteiger partial charge in [0.25, 0.3) is 0 Å². The molecular formula is C16H19ClN2O2. The van der Waals surface area contributed by atoms with Crippen molar-refractivity contribution < 1.29 is 9.47 Å². The number of rotatable bonds is 6. The van der Waals surface area contributed by atoms with Crippen LogP contribution in [-0.4, -0.2) is 13.7 Å². The summed E-state index contributed by atoms with van der Waals surface area (Å²) in [5.41, 5.74) is 8.17. The van der Waals surface area contributed by atoms with Crippen molar-refractivity contribution in [3.8, 4) is 11.5 Å². The standard InChI is InChI=1S/C16H19ClN2O2/c1-3-8-21-16-10-12(5-6-13(16)18)19-14-9-11(17)4-7-15(14)20-2/h4-7,9-10,19H,3,8,18H2,1-2H3. The fourth-order valence-corrected chi connectivity index (χ4v) is 2.05. The molecule has 0 heterocycles. The Morgan fingerprint density at radius 3 is 2.67 bits per heavy atom. The molecule has 0 aromatic heterocycles. The lowest BCUT2D eigenvalue weighted by molar-refractivity contribution is 0.319. The molecule has 112 valence electrons. The monoisotopic (exact) mass is 306 g/mol. The van der Waals surface area contributed by atoms with E-state index in [1.165, 1.54) is 0 Å². The average Bonchev–Trinajstić information content (AvgIpc) is 2.48. The van der Waals surface area contributed by atoms with E-state index in [-0.39, 0.29) is 0 Å². The Kier molecular flexibility index (Phi) is 5.17. The smallest absolute Gasteiger partial charge is 0.144 e. The lowest BCUT2D eigenvalue weighted by atomic mass is 10.2. The Hall–Kier alpha value is -2.07. The number of hydrogen-bond acceptors (Lipinski definition) is 4. The number of nitrogen functional groups attached to an aromatic ring is 1. The number of nitrogens with two attached hydrogens (primary N) is 1.